The molecule has 1 N–H and O–H groups in total. The first-order valence-electron chi connectivity index (χ1n) is 7.44. The standard InChI is InChI=1S/C15H21N3O2.2ClH/c19-18(20)14-4-2-1-3-13(14)15(11-12-5-6-12)17-9-7-16-8-10-17;;/h1-4,12,15-16H,5-11H2;2*1H/t15-;;/m0../s1. The lowest BCUT2D eigenvalue weighted by Gasteiger charge is -2.35. The second-order valence-corrected chi connectivity index (χ2v) is 5.80. The first-order chi connectivity index (χ1) is 9.75. The summed E-state index contributed by atoms with van der Waals surface area (Å²) in [6.07, 6.45) is 3.62. The Morgan fingerprint density at radius 2 is 1.86 bits per heavy atom. The highest BCUT2D eigenvalue weighted by molar-refractivity contribution is 5.85. The van der Waals surface area contributed by atoms with Crippen molar-refractivity contribution in [2.45, 2.75) is 25.3 Å². The van der Waals surface area contributed by atoms with Gasteiger partial charge >= 0.3 is 0 Å². The Balaban J connectivity index is 0.00000121. The molecular formula is C15H23Cl2N3O2. The Kier molecular flexibility index (Phi) is 7.56. The van der Waals surface area contributed by atoms with Crippen molar-refractivity contribution in [3.63, 3.8) is 0 Å². The van der Waals surface area contributed by atoms with Crippen LogP contribution in [0.3, 0.4) is 0 Å². The molecular weight excluding hydrogens is 325 g/mol. The van der Waals surface area contributed by atoms with Crippen molar-refractivity contribution < 1.29 is 4.92 Å². The molecule has 0 unspecified atom stereocenters. The highest BCUT2D eigenvalue weighted by atomic mass is 35.5. The molecule has 1 aromatic rings. The van der Waals surface area contributed by atoms with E-state index in [4.69, 9.17) is 0 Å². The van der Waals surface area contributed by atoms with Gasteiger partial charge in [-0.2, -0.15) is 0 Å². The molecule has 1 heterocycles. The first-order valence-corrected chi connectivity index (χ1v) is 7.44. The number of hydrogen-bond donors (Lipinski definition) is 1. The third-order valence-electron chi connectivity index (χ3n) is 4.34. The molecule has 5 nitrogen and oxygen atoms in total. The zero-order valence-electron chi connectivity index (χ0n) is 12.4. The fraction of sp³-hybridized carbons (Fsp3) is 0.600. The van der Waals surface area contributed by atoms with Gasteiger partial charge in [0.1, 0.15) is 0 Å². The third kappa shape index (κ3) is 4.56. The lowest BCUT2D eigenvalue weighted by molar-refractivity contribution is -0.386. The number of nitrogens with one attached hydrogen (secondary N) is 1. The molecule has 124 valence electrons. The molecule has 0 amide bonds. The van der Waals surface area contributed by atoms with Crippen molar-refractivity contribution >= 4 is 30.5 Å². The number of nitro groups is 1. The topological polar surface area (TPSA) is 58.4 Å². The van der Waals surface area contributed by atoms with Gasteiger partial charge in [0.05, 0.1) is 4.92 Å². The van der Waals surface area contributed by atoms with Crippen LogP contribution in [0.1, 0.15) is 30.9 Å². The quantitative estimate of drug-likeness (QED) is 0.656. The average molecular weight is 348 g/mol. The van der Waals surface area contributed by atoms with Crippen LogP contribution in [0.4, 0.5) is 5.69 Å². The van der Waals surface area contributed by atoms with Gasteiger partial charge in [-0.3, -0.25) is 15.0 Å². The van der Waals surface area contributed by atoms with Gasteiger partial charge < -0.3 is 5.32 Å². The number of nitro benzene ring substituents is 1. The summed E-state index contributed by atoms with van der Waals surface area (Å²) < 4.78 is 0. The van der Waals surface area contributed by atoms with Crippen LogP contribution in [0.2, 0.25) is 0 Å². The van der Waals surface area contributed by atoms with Crippen LogP contribution >= 0.6 is 24.8 Å². The van der Waals surface area contributed by atoms with E-state index >= 15 is 0 Å². The van der Waals surface area contributed by atoms with Crippen molar-refractivity contribution in [3.05, 3.63) is 39.9 Å². The van der Waals surface area contributed by atoms with Gasteiger partial charge in [0, 0.05) is 43.9 Å². The van der Waals surface area contributed by atoms with Gasteiger partial charge in [-0.05, 0) is 12.3 Å². The van der Waals surface area contributed by atoms with Crippen molar-refractivity contribution in [2.75, 3.05) is 26.2 Å². The van der Waals surface area contributed by atoms with Crippen LogP contribution in [0, 0.1) is 16.0 Å². The number of hydrogen-bond acceptors (Lipinski definition) is 4. The number of rotatable bonds is 5. The molecule has 3 rings (SSSR count). The predicted octanol–water partition coefficient (Wildman–Crippen LogP) is 3.18. The van der Waals surface area contributed by atoms with Crippen LogP contribution in [0.25, 0.3) is 0 Å². The number of benzene rings is 1. The molecule has 0 bridgehead atoms. The van der Waals surface area contributed by atoms with Crippen LogP contribution in [-0.2, 0) is 0 Å². The van der Waals surface area contributed by atoms with E-state index in [2.05, 4.69) is 10.2 Å². The summed E-state index contributed by atoms with van der Waals surface area (Å²) >= 11 is 0. The Labute approximate surface area is 143 Å². The monoisotopic (exact) mass is 347 g/mol. The summed E-state index contributed by atoms with van der Waals surface area (Å²) in [7, 11) is 0. The molecule has 1 saturated carbocycles. The minimum absolute atomic E-state index is 0. The second-order valence-electron chi connectivity index (χ2n) is 5.80. The summed E-state index contributed by atoms with van der Waals surface area (Å²) in [4.78, 5) is 13.5. The molecule has 1 aliphatic heterocycles. The highest BCUT2D eigenvalue weighted by Crippen LogP contribution is 2.42. The largest absolute Gasteiger partial charge is 0.314 e. The number of nitrogens with zero attached hydrogens (tertiary/aromatic N) is 2. The lowest BCUT2D eigenvalue weighted by Crippen LogP contribution is -2.45. The van der Waals surface area contributed by atoms with E-state index in [0.29, 0.717) is 0 Å². The Morgan fingerprint density at radius 3 is 2.45 bits per heavy atom. The Bertz CT molecular complexity index is 491. The SMILES string of the molecule is Cl.Cl.O=[N+]([O-])c1ccccc1[C@H](CC1CC1)N1CCNCC1. The van der Waals surface area contributed by atoms with Crippen molar-refractivity contribution in [1.29, 1.82) is 0 Å². The van der Waals surface area contributed by atoms with Gasteiger partial charge in [-0.15, -0.1) is 24.8 Å². The molecule has 2 aliphatic rings. The third-order valence-corrected chi connectivity index (χ3v) is 4.34. The van der Waals surface area contributed by atoms with Gasteiger partial charge in [-0.1, -0.05) is 31.0 Å². The molecule has 1 saturated heterocycles. The molecule has 1 aliphatic carbocycles. The zero-order chi connectivity index (χ0) is 13.9. The maximum atomic E-state index is 11.3. The van der Waals surface area contributed by atoms with Gasteiger partial charge in [0.2, 0.25) is 0 Å². The fourth-order valence-electron chi connectivity index (χ4n) is 3.07. The van der Waals surface area contributed by atoms with Gasteiger partial charge in [0.25, 0.3) is 5.69 Å². The summed E-state index contributed by atoms with van der Waals surface area (Å²) in [5.74, 6) is 0.759. The van der Waals surface area contributed by atoms with E-state index in [1.807, 2.05) is 12.1 Å². The maximum absolute atomic E-state index is 11.3. The van der Waals surface area contributed by atoms with E-state index in [1.165, 1.54) is 12.8 Å². The van der Waals surface area contributed by atoms with E-state index < -0.39 is 0 Å². The first kappa shape index (κ1) is 19.2. The van der Waals surface area contributed by atoms with Crippen molar-refractivity contribution in [1.82, 2.24) is 10.2 Å². The Hall–Kier alpha value is -0.880. The molecule has 7 heteroatoms. The minimum Gasteiger partial charge on any atom is -0.314 e. The maximum Gasteiger partial charge on any atom is 0.274 e. The molecule has 0 spiro atoms. The van der Waals surface area contributed by atoms with Crippen LogP contribution in [-0.4, -0.2) is 36.0 Å². The van der Waals surface area contributed by atoms with Crippen molar-refractivity contribution in [2.24, 2.45) is 5.92 Å². The number of piperazine rings is 1. The summed E-state index contributed by atoms with van der Waals surface area (Å²) in [5.41, 5.74) is 1.17. The molecule has 22 heavy (non-hydrogen) atoms. The minimum atomic E-state index is -0.239. The molecule has 0 aromatic heterocycles. The van der Waals surface area contributed by atoms with Gasteiger partial charge in [0.15, 0.2) is 0 Å². The normalized spacial score (nSPS) is 19.6. The fourth-order valence-corrected chi connectivity index (χ4v) is 3.07. The van der Waals surface area contributed by atoms with E-state index in [9.17, 15) is 10.1 Å². The van der Waals surface area contributed by atoms with E-state index in [-0.39, 0.29) is 41.5 Å². The molecule has 1 atom stereocenters. The van der Waals surface area contributed by atoms with Crippen LogP contribution in [0.15, 0.2) is 24.3 Å². The lowest BCUT2D eigenvalue weighted by atomic mass is 9.97. The van der Waals surface area contributed by atoms with Crippen LogP contribution in [0.5, 0.6) is 0 Å². The molecule has 0 radical (unpaired) electrons. The highest BCUT2D eigenvalue weighted by Gasteiger charge is 2.33. The Morgan fingerprint density at radius 1 is 1.23 bits per heavy atom. The molecule has 1 aromatic carbocycles. The second kappa shape index (κ2) is 8.67. The summed E-state index contributed by atoms with van der Waals surface area (Å²) in [6.45, 7) is 3.90. The zero-order valence-corrected chi connectivity index (χ0v) is 14.1. The summed E-state index contributed by atoms with van der Waals surface area (Å²) in [6, 6.07) is 7.45. The predicted molar refractivity (Wildman–Crippen MR) is 92.1 cm³/mol. The molecule has 2 fully saturated rings. The van der Waals surface area contributed by atoms with Crippen molar-refractivity contribution in [3.8, 4) is 0 Å². The van der Waals surface area contributed by atoms with Gasteiger partial charge in [-0.25, -0.2) is 0 Å². The average Bonchev–Trinajstić information content (AvgIpc) is 3.30. The smallest absolute Gasteiger partial charge is 0.274 e. The number of halogens is 2. The number of para-hydroxylation sites is 1. The van der Waals surface area contributed by atoms with Crippen LogP contribution < -0.4 is 5.32 Å². The summed E-state index contributed by atoms with van der Waals surface area (Å²) in [5, 5.41) is 14.6. The van der Waals surface area contributed by atoms with E-state index in [0.717, 1.165) is 44.1 Å². The van der Waals surface area contributed by atoms with E-state index in [1.54, 1.807) is 12.1 Å².